The number of hydrogen-bond acceptors (Lipinski definition) is 1. The van der Waals surface area contributed by atoms with Crippen molar-refractivity contribution >= 4 is 0 Å². The maximum atomic E-state index is 3.76. The van der Waals surface area contributed by atoms with E-state index in [4.69, 9.17) is 0 Å². The first-order valence-corrected chi connectivity index (χ1v) is 5.77. The van der Waals surface area contributed by atoms with Crippen LogP contribution in [-0.4, -0.2) is 12.1 Å². The summed E-state index contributed by atoms with van der Waals surface area (Å²) in [4.78, 5) is 0. The maximum absolute atomic E-state index is 3.76. The Morgan fingerprint density at radius 1 is 1.15 bits per heavy atom. The second-order valence-electron chi connectivity index (χ2n) is 4.08. The van der Waals surface area contributed by atoms with Gasteiger partial charge in [0.1, 0.15) is 0 Å². The fourth-order valence-electron chi connectivity index (χ4n) is 2.09. The minimum atomic E-state index is 0.739. The van der Waals surface area contributed by atoms with Crippen molar-refractivity contribution in [3.63, 3.8) is 0 Å². The monoisotopic (exact) mass is 181 g/mol. The fraction of sp³-hybridized carbons (Fsp3) is 0.833. The normalized spacial score (nSPS) is 17.5. The molecule has 0 heterocycles. The zero-order chi connectivity index (χ0) is 9.52. The van der Waals surface area contributed by atoms with Crippen molar-refractivity contribution in [1.82, 2.24) is 5.32 Å². The van der Waals surface area contributed by atoms with E-state index in [9.17, 15) is 0 Å². The molecule has 13 heavy (non-hydrogen) atoms. The zero-order valence-corrected chi connectivity index (χ0v) is 9.05. The lowest BCUT2D eigenvalue weighted by Crippen LogP contribution is -2.36. The third-order valence-corrected chi connectivity index (χ3v) is 2.75. The van der Waals surface area contributed by atoms with E-state index >= 15 is 0 Å². The highest BCUT2D eigenvalue weighted by Crippen LogP contribution is 2.13. The Labute approximate surface area is 82.6 Å². The molecule has 0 aliphatic heterocycles. The maximum Gasteiger partial charge on any atom is 0.0139 e. The van der Waals surface area contributed by atoms with Crippen LogP contribution in [0.15, 0.2) is 12.2 Å². The minimum absolute atomic E-state index is 0.739. The molecule has 0 aromatic heterocycles. The van der Waals surface area contributed by atoms with Gasteiger partial charge in [0, 0.05) is 12.1 Å². The molecule has 0 saturated carbocycles. The highest BCUT2D eigenvalue weighted by atomic mass is 14.9. The summed E-state index contributed by atoms with van der Waals surface area (Å²) in [6.07, 6.45) is 12.4. The third-order valence-electron chi connectivity index (χ3n) is 2.75. The van der Waals surface area contributed by atoms with Crippen LogP contribution < -0.4 is 5.32 Å². The molecule has 1 aliphatic carbocycles. The first-order chi connectivity index (χ1) is 6.36. The second-order valence-corrected chi connectivity index (χ2v) is 4.08. The van der Waals surface area contributed by atoms with Gasteiger partial charge < -0.3 is 5.32 Å². The molecule has 1 heteroatoms. The average molecular weight is 181 g/mol. The van der Waals surface area contributed by atoms with Crippen LogP contribution >= 0.6 is 0 Å². The van der Waals surface area contributed by atoms with E-state index < -0.39 is 0 Å². The summed E-state index contributed by atoms with van der Waals surface area (Å²) in [7, 11) is 0. The molecule has 1 aliphatic rings. The van der Waals surface area contributed by atoms with Crippen molar-refractivity contribution in [2.75, 3.05) is 0 Å². The lowest BCUT2D eigenvalue weighted by atomic mass is 10.0. The molecule has 1 rings (SSSR count). The van der Waals surface area contributed by atoms with Gasteiger partial charge in [-0.2, -0.15) is 0 Å². The van der Waals surface area contributed by atoms with Gasteiger partial charge in [-0.3, -0.25) is 0 Å². The molecule has 0 saturated heterocycles. The van der Waals surface area contributed by atoms with Gasteiger partial charge in [-0.1, -0.05) is 38.8 Å². The van der Waals surface area contributed by atoms with E-state index in [1.807, 2.05) is 0 Å². The lowest BCUT2D eigenvalue weighted by Gasteiger charge is -2.22. The highest BCUT2D eigenvalue weighted by Gasteiger charge is 2.14. The predicted octanol–water partition coefficient (Wildman–Crippen LogP) is 3.26. The van der Waals surface area contributed by atoms with Gasteiger partial charge in [0.2, 0.25) is 0 Å². The Bertz CT molecular complexity index is 137. The van der Waals surface area contributed by atoms with Gasteiger partial charge in [0.05, 0.1) is 0 Å². The number of rotatable bonds is 6. The number of hydrogen-bond donors (Lipinski definition) is 1. The second kappa shape index (κ2) is 6.20. The molecule has 0 radical (unpaired) electrons. The van der Waals surface area contributed by atoms with Crippen LogP contribution in [0, 0.1) is 0 Å². The van der Waals surface area contributed by atoms with Crippen LogP contribution in [-0.2, 0) is 0 Å². The average Bonchev–Trinajstić information content (AvgIpc) is 2.58. The summed E-state index contributed by atoms with van der Waals surface area (Å²) >= 11 is 0. The Kier molecular flexibility index (Phi) is 5.14. The molecule has 0 unspecified atom stereocenters. The van der Waals surface area contributed by atoms with Gasteiger partial charge in [-0.25, -0.2) is 0 Å². The Morgan fingerprint density at radius 2 is 1.69 bits per heavy atom. The molecular formula is C12H23N. The Morgan fingerprint density at radius 3 is 2.15 bits per heavy atom. The summed E-state index contributed by atoms with van der Waals surface area (Å²) in [5.41, 5.74) is 0. The van der Waals surface area contributed by atoms with Crippen LogP contribution in [0.5, 0.6) is 0 Å². The van der Waals surface area contributed by atoms with E-state index in [0.717, 1.165) is 12.1 Å². The molecule has 0 bridgehead atoms. The van der Waals surface area contributed by atoms with E-state index in [-0.39, 0.29) is 0 Å². The van der Waals surface area contributed by atoms with Gasteiger partial charge in [-0.05, 0) is 25.7 Å². The zero-order valence-electron chi connectivity index (χ0n) is 9.05. The Hall–Kier alpha value is -0.300. The van der Waals surface area contributed by atoms with Crippen LogP contribution in [0.1, 0.15) is 52.4 Å². The van der Waals surface area contributed by atoms with Crippen molar-refractivity contribution in [1.29, 1.82) is 0 Å². The van der Waals surface area contributed by atoms with Gasteiger partial charge in [0.15, 0.2) is 0 Å². The quantitative estimate of drug-likeness (QED) is 0.620. The molecule has 0 amide bonds. The predicted molar refractivity (Wildman–Crippen MR) is 58.9 cm³/mol. The SMILES string of the molecule is CCCC(CCC)NC1CC=CC1. The summed E-state index contributed by atoms with van der Waals surface area (Å²) in [6, 6.07) is 1.50. The largest absolute Gasteiger partial charge is 0.311 e. The summed E-state index contributed by atoms with van der Waals surface area (Å²) in [5.74, 6) is 0. The summed E-state index contributed by atoms with van der Waals surface area (Å²) in [5, 5.41) is 3.76. The van der Waals surface area contributed by atoms with Gasteiger partial charge in [0.25, 0.3) is 0 Å². The molecule has 1 N–H and O–H groups in total. The number of nitrogens with one attached hydrogen (secondary N) is 1. The van der Waals surface area contributed by atoms with Crippen LogP contribution in [0.4, 0.5) is 0 Å². The van der Waals surface area contributed by atoms with Crippen molar-refractivity contribution in [3.8, 4) is 0 Å². The molecule has 0 fully saturated rings. The molecule has 0 aromatic carbocycles. The van der Waals surface area contributed by atoms with Crippen LogP contribution in [0.3, 0.4) is 0 Å². The molecular weight excluding hydrogens is 158 g/mol. The van der Waals surface area contributed by atoms with E-state index in [1.165, 1.54) is 38.5 Å². The van der Waals surface area contributed by atoms with Crippen molar-refractivity contribution in [2.24, 2.45) is 0 Å². The van der Waals surface area contributed by atoms with Crippen LogP contribution in [0.2, 0.25) is 0 Å². The standard InChI is InChI=1S/C12H23N/c1-3-7-11(8-4-2)13-12-9-5-6-10-12/h5-6,11-13H,3-4,7-10H2,1-2H3. The first kappa shape index (κ1) is 10.8. The molecule has 76 valence electrons. The summed E-state index contributed by atoms with van der Waals surface area (Å²) < 4.78 is 0. The van der Waals surface area contributed by atoms with Gasteiger partial charge >= 0.3 is 0 Å². The van der Waals surface area contributed by atoms with Crippen molar-refractivity contribution in [3.05, 3.63) is 12.2 Å². The lowest BCUT2D eigenvalue weighted by molar-refractivity contribution is 0.391. The van der Waals surface area contributed by atoms with Gasteiger partial charge in [-0.15, -0.1) is 0 Å². The van der Waals surface area contributed by atoms with Crippen molar-refractivity contribution < 1.29 is 0 Å². The van der Waals surface area contributed by atoms with E-state index in [2.05, 4.69) is 31.3 Å². The molecule has 0 atom stereocenters. The summed E-state index contributed by atoms with van der Waals surface area (Å²) in [6.45, 7) is 4.55. The fourth-order valence-corrected chi connectivity index (χ4v) is 2.09. The van der Waals surface area contributed by atoms with E-state index in [1.54, 1.807) is 0 Å². The van der Waals surface area contributed by atoms with Crippen molar-refractivity contribution in [2.45, 2.75) is 64.5 Å². The molecule has 0 aromatic rings. The molecule has 0 spiro atoms. The van der Waals surface area contributed by atoms with Crippen LogP contribution in [0.25, 0.3) is 0 Å². The molecule has 1 nitrogen and oxygen atoms in total. The highest BCUT2D eigenvalue weighted by molar-refractivity contribution is 4.98. The Balaban J connectivity index is 2.20. The third kappa shape index (κ3) is 3.95. The minimum Gasteiger partial charge on any atom is -0.311 e. The topological polar surface area (TPSA) is 12.0 Å². The smallest absolute Gasteiger partial charge is 0.0139 e. The van der Waals surface area contributed by atoms with E-state index in [0.29, 0.717) is 0 Å². The first-order valence-electron chi connectivity index (χ1n) is 5.77.